The Bertz CT molecular complexity index is 686. The summed E-state index contributed by atoms with van der Waals surface area (Å²) in [6, 6.07) is 11.0. The number of hydrogen-bond acceptors (Lipinski definition) is 3. The average Bonchev–Trinajstić information content (AvgIpc) is 2.43. The molecule has 1 amide bonds. The van der Waals surface area contributed by atoms with Crippen LogP contribution in [0.5, 0.6) is 11.5 Å². The van der Waals surface area contributed by atoms with Crippen molar-refractivity contribution in [3.63, 3.8) is 0 Å². The van der Waals surface area contributed by atoms with Gasteiger partial charge in [-0.05, 0) is 42.5 Å². The van der Waals surface area contributed by atoms with Crippen molar-refractivity contribution in [1.29, 1.82) is 0 Å². The van der Waals surface area contributed by atoms with Crippen molar-refractivity contribution in [1.82, 2.24) is 0 Å². The molecule has 2 N–H and O–H groups in total. The van der Waals surface area contributed by atoms with Crippen LogP contribution in [0.1, 0.15) is 0 Å². The number of rotatable bonds is 3. The van der Waals surface area contributed by atoms with Crippen molar-refractivity contribution in [2.24, 2.45) is 0 Å². The molecule has 0 saturated carbocycles. The molecule has 21 heavy (non-hydrogen) atoms. The minimum Gasteiger partial charge on any atom is -0.474 e. The van der Waals surface area contributed by atoms with Crippen molar-refractivity contribution < 1.29 is 19.4 Å². The summed E-state index contributed by atoms with van der Waals surface area (Å²) in [5, 5.41) is 11.6. The van der Waals surface area contributed by atoms with E-state index in [0.29, 0.717) is 27.2 Å². The number of halogens is 2. The summed E-state index contributed by atoms with van der Waals surface area (Å²) in [6.45, 7) is 0. The van der Waals surface area contributed by atoms with Gasteiger partial charge in [-0.2, -0.15) is 0 Å². The molecule has 0 aliphatic rings. The summed E-state index contributed by atoms with van der Waals surface area (Å²) in [4.78, 5) is 21.4. The fourth-order valence-electron chi connectivity index (χ4n) is 1.48. The molecular formula is C14H9Cl2NO4. The molecule has 0 aromatic heterocycles. The van der Waals surface area contributed by atoms with Gasteiger partial charge in [0.15, 0.2) is 0 Å². The summed E-state index contributed by atoms with van der Waals surface area (Å²) in [6.07, 6.45) is 0. The number of anilines is 1. The van der Waals surface area contributed by atoms with Crippen LogP contribution in [0.3, 0.4) is 0 Å². The van der Waals surface area contributed by atoms with Gasteiger partial charge >= 0.3 is 11.9 Å². The van der Waals surface area contributed by atoms with Gasteiger partial charge in [0.25, 0.3) is 0 Å². The topological polar surface area (TPSA) is 75.6 Å². The first kappa shape index (κ1) is 15.2. The number of aliphatic carboxylic acids is 1. The lowest BCUT2D eigenvalue weighted by molar-refractivity contribution is -0.147. The maximum absolute atomic E-state index is 11.0. The predicted molar refractivity (Wildman–Crippen MR) is 79.2 cm³/mol. The van der Waals surface area contributed by atoms with Crippen molar-refractivity contribution in [2.45, 2.75) is 0 Å². The molecule has 108 valence electrons. The van der Waals surface area contributed by atoms with Crippen LogP contribution < -0.4 is 10.1 Å². The molecule has 0 heterocycles. The number of carbonyl (C=O) groups is 2. The van der Waals surface area contributed by atoms with E-state index in [1.807, 2.05) is 0 Å². The predicted octanol–water partition coefficient (Wildman–Crippen LogP) is 3.81. The van der Waals surface area contributed by atoms with Crippen LogP contribution in [0.15, 0.2) is 42.5 Å². The van der Waals surface area contributed by atoms with Crippen LogP contribution in [0.25, 0.3) is 0 Å². The number of hydrogen-bond donors (Lipinski definition) is 2. The van der Waals surface area contributed by atoms with E-state index in [1.54, 1.807) is 30.3 Å². The smallest absolute Gasteiger partial charge is 0.394 e. The number of nitrogens with one attached hydrogen (secondary N) is 1. The van der Waals surface area contributed by atoms with E-state index in [2.05, 4.69) is 5.32 Å². The van der Waals surface area contributed by atoms with Crippen LogP contribution in [0.2, 0.25) is 10.0 Å². The molecular weight excluding hydrogens is 317 g/mol. The number of ether oxygens (including phenoxy) is 1. The van der Waals surface area contributed by atoms with E-state index in [9.17, 15) is 9.59 Å². The Hall–Kier alpha value is -2.24. The second-order valence-corrected chi connectivity index (χ2v) is 4.80. The van der Waals surface area contributed by atoms with Gasteiger partial charge in [-0.1, -0.05) is 23.2 Å². The molecule has 0 atom stereocenters. The Morgan fingerprint density at radius 1 is 1.05 bits per heavy atom. The lowest BCUT2D eigenvalue weighted by atomic mass is 10.3. The third-order valence-electron chi connectivity index (χ3n) is 2.43. The van der Waals surface area contributed by atoms with Gasteiger partial charge < -0.3 is 15.2 Å². The average molecular weight is 326 g/mol. The Morgan fingerprint density at radius 2 is 1.71 bits per heavy atom. The van der Waals surface area contributed by atoms with Gasteiger partial charge in [-0.15, -0.1) is 0 Å². The van der Waals surface area contributed by atoms with Crippen molar-refractivity contribution in [2.75, 3.05) is 5.32 Å². The van der Waals surface area contributed by atoms with Crippen LogP contribution in [0, 0.1) is 0 Å². The molecule has 0 fully saturated rings. The molecule has 0 spiro atoms. The molecule has 2 aromatic carbocycles. The van der Waals surface area contributed by atoms with Gasteiger partial charge in [0.1, 0.15) is 11.5 Å². The monoisotopic (exact) mass is 325 g/mol. The molecule has 2 rings (SSSR count). The number of carboxylic acid groups (broad SMARTS) is 1. The Kier molecular flexibility index (Phi) is 4.67. The number of carboxylic acids is 1. The molecule has 0 aliphatic heterocycles. The molecule has 2 aromatic rings. The Morgan fingerprint density at radius 3 is 2.29 bits per heavy atom. The third-order valence-corrected chi connectivity index (χ3v) is 2.96. The van der Waals surface area contributed by atoms with E-state index in [4.69, 9.17) is 33.0 Å². The number of carbonyl (C=O) groups excluding carboxylic acids is 1. The third kappa shape index (κ3) is 4.11. The number of amides is 1. The zero-order valence-corrected chi connectivity index (χ0v) is 12.0. The van der Waals surface area contributed by atoms with Crippen molar-refractivity contribution in [3.8, 4) is 11.5 Å². The van der Waals surface area contributed by atoms with Gasteiger partial charge in [-0.3, -0.25) is 4.79 Å². The van der Waals surface area contributed by atoms with Crippen molar-refractivity contribution >= 4 is 40.8 Å². The standard InChI is InChI=1S/C14H9Cl2NO4/c15-8-1-6-12(11(16)7-8)21-10-4-2-9(3-5-10)17-13(18)14(19)20/h1-7H,(H,17,18)(H,19,20). The lowest BCUT2D eigenvalue weighted by Gasteiger charge is -2.08. The fraction of sp³-hybridized carbons (Fsp3) is 0. The Labute approximate surface area is 130 Å². The molecule has 7 heteroatoms. The second-order valence-electron chi connectivity index (χ2n) is 3.96. The van der Waals surface area contributed by atoms with Crippen LogP contribution in [-0.4, -0.2) is 17.0 Å². The van der Waals surface area contributed by atoms with Gasteiger partial charge in [0.2, 0.25) is 0 Å². The normalized spacial score (nSPS) is 10.0. The number of benzene rings is 2. The van der Waals surface area contributed by atoms with E-state index in [-0.39, 0.29) is 0 Å². The first-order valence-corrected chi connectivity index (χ1v) is 6.48. The highest BCUT2D eigenvalue weighted by molar-refractivity contribution is 6.36. The van der Waals surface area contributed by atoms with Crippen molar-refractivity contribution in [3.05, 3.63) is 52.5 Å². The van der Waals surface area contributed by atoms with Gasteiger partial charge in [-0.25, -0.2) is 4.79 Å². The SMILES string of the molecule is O=C(O)C(=O)Nc1ccc(Oc2ccc(Cl)cc2Cl)cc1. The van der Waals surface area contributed by atoms with E-state index in [0.717, 1.165) is 0 Å². The first-order chi connectivity index (χ1) is 9.95. The molecule has 0 bridgehead atoms. The van der Waals surface area contributed by atoms with Crippen LogP contribution >= 0.6 is 23.2 Å². The first-order valence-electron chi connectivity index (χ1n) is 5.73. The van der Waals surface area contributed by atoms with Crippen LogP contribution in [0.4, 0.5) is 5.69 Å². The highest BCUT2D eigenvalue weighted by Gasteiger charge is 2.11. The van der Waals surface area contributed by atoms with Gasteiger partial charge in [0, 0.05) is 10.7 Å². The minimum atomic E-state index is -1.55. The van der Waals surface area contributed by atoms with E-state index in [1.165, 1.54) is 12.1 Å². The lowest BCUT2D eigenvalue weighted by Crippen LogP contribution is -2.21. The molecule has 0 radical (unpaired) electrons. The molecule has 5 nitrogen and oxygen atoms in total. The van der Waals surface area contributed by atoms with Crippen LogP contribution in [-0.2, 0) is 9.59 Å². The largest absolute Gasteiger partial charge is 0.474 e. The fourth-order valence-corrected chi connectivity index (χ4v) is 1.92. The highest BCUT2D eigenvalue weighted by Crippen LogP contribution is 2.31. The highest BCUT2D eigenvalue weighted by atomic mass is 35.5. The minimum absolute atomic E-state index is 0.344. The summed E-state index contributed by atoms with van der Waals surface area (Å²) in [7, 11) is 0. The Balaban J connectivity index is 2.09. The maximum Gasteiger partial charge on any atom is 0.394 e. The zero-order chi connectivity index (χ0) is 15.4. The second kappa shape index (κ2) is 6.47. The molecule has 0 aliphatic carbocycles. The van der Waals surface area contributed by atoms with E-state index < -0.39 is 11.9 Å². The summed E-state index contributed by atoms with van der Waals surface area (Å²) < 4.78 is 5.55. The molecule has 0 saturated heterocycles. The molecule has 0 unspecified atom stereocenters. The van der Waals surface area contributed by atoms with E-state index >= 15 is 0 Å². The summed E-state index contributed by atoms with van der Waals surface area (Å²) >= 11 is 11.8. The zero-order valence-electron chi connectivity index (χ0n) is 10.5. The summed E-state index contributed by atoms with van der Waals surface area (Å²) in [5.74, 6) is -1.75. The van der Waals surface area contributed by atoms with Gasteiger partial charge in [0.05, 0.1) is 5.02 Å². The maximum atomic E-state index is 11.0. The summed E-state index contributed by atoms with van der Waals surface area (Å²) in [5.41, 5.74) is 0.344. The quantitative estimate of drug-likeness (QED) is 0.841.